The molecule has 3 aromatic rings. The first-order valence-electron chi connectivity index (χ1n) is 11.6. The van der Waals surface area contributed by atoms with Crippen LogP contribution in [-0.2, 0) is 0 Å². The molecule has 0 amide bonds. The monoisotopic (exact) mass is 449 g/mol. The molecule has 0 unspecified atom stereocenters. The third-order valence-corrected chi connectivity index (χ3v) is 9.97. The molecule has 0 atom stereocenters. The van der Waals surface area contributed by atoms with Crippen LogP contribution in [0.4, 0.5) is 4.39 Å². The second-order valence-electron chi connectivity index (χ2n) is 8.77. The lowest BCUT2D eigenvalue weighted by Crippen LogP contribution is -2.20. The Morgan fingerprint density at radius 2 is 1.58 bits per heavy atom. The Labute approximate surface area is 193 Å². The van der Waals surface area contributed by atoms with Crippen molar-refractivity contribution < 1.29 is 4.39 Å². The minimum Gasteiger partial charge on any atom is -0.206 e. The van der Waals surface area contributed by atoms with Crippen LogP contribution in [-0.4, -0.2) is 8.80 Å². The summed E-state index contributed by atoms with van der Waals surface area (Å²) in [6, 6.07) is 26.0. The predicted octanol–water partition coefficient (Wildman–Crippen LogP) is 9.38. The standard InChI is InChI=1S/C28H31ClFSi/c1-2-3-6-17-31-18-15-21(16-19-31)23-11-14-27(28(30)20-23)26-8-5-4-7-25(26)22-9-12-24(29)13-10-22/h4-5,7-14,20-21H,2-3,6,15-19H2,1H3. The molecule has 0 nitrogen and oxygen atoms in total. The predicted molar refractivity (Wildman–Crippen MR) is 134 cm³/mol. The van der Waals surface area contributed by atoms with E-state index in [-0.39, 0.29) is 14.6 Å². The minimum atomic E-state index is -0.163. The van der Waals surface area contributed by atoms with Gasteiger partial charge in [-0.1, -0.05) is 104 Å². The summed E-state index contributed by atoms with van der Waals surface area (Å²) in [6.45, 7) is 2.28. The van der Waals surface area contributed by atoms with E-state index in [0.29, 0.717) is 16.5 Å². The molecule has 1 aliphatic rings. The largest absolute Gasteiger partial charge is 0.206 e. The molecular weight excluding hydrogens is 419 g/mol. The minimum absolute atomic E-state index is 0.113. The highest BCUT2D eigenvalue weighted by Gasteiger charge is 2.24. The first-order valence-corrected chi connectivity index (χ1v) is 14.1. The molecule has 0 spiro atoms. The Kier molecular flexibility index (Phi) is 7.63. The number of halogens is 2. The highest BCUT2D eigenvalue weighted by Crippen LogP contribution is 2.38. The van der Waals surface area contributed by atoms with Gasteiger partial charge >= 0.3 is 0 Å². The summed E-state index contributed by atoms with van der Waals surface area (Å²) >= 11 is 6.05. The second kappa shape index (κ2) is 10.6. The zero-order valence-corrected chi connectivity index (χ0v) is 20.1. The SMILES string of the molecule is CCCCC[Si]1CCC(c2ccc(-c3ccccc3-c3ccc(Cl)cc3)c(F)c2)CC1. The van der Waals surface area contributed by atoms with E-state index >= 15 is 4.39 Å². The van der Waals surface area contributed by atoms with Crippen LogP contribution in [0.15, 0.2) is 66.7 Å². The van der Waals surface area contributed by atoms with Gasteiger partial charge in [0.1, 0.15) is 5.82 Å². The van der Waals surface area contributed by atoms with Crippen LogP contribution < -0.4 is 0 Å². The second-order valence-corrected chi connectivity index (χ2v) is 12.2. The fourth-order valence-corrected chi connectivity index (χ4v) is 7.98. The lowest BCUT2D eigenvalue weighted by atomic mass is 9.89. The zero-order chi connectivity index (χ0) is 21.6. The summed E-state index contributed by atoms with van der Waals surface area (Å²) in [5.41, 5.74) is 4.87. The molecule has 0 aromatic heterocycles. The Hall–Kier alpha value is -1.90. The molecule has 1 aliphatic heterocycles. The maximum absolute atomic E-state index is 15.3. The van der Waals surface area contributed by atoms with Gasteiger partial charge in [-0.25, -0.2) is 4.39 Å². The van der Waals surface area contributed by atoms with Crippen molar-refractivity contribution in [1.29, 1.82) is 0 Å². The molecule has 0 saturated carbocycles. The lowest BCUT2D eigenvalue weighted by Gasteiger charge is -2.28. The summed E-state index contributed by atoms with van der Waals surface area (Å²) in [7, 11) is -0.163. The fraction of sp³-hybridized carbons (Fsp3) is 0.357. The van der Waals surface area contributed by atoms with Crippen molar-refractivity contribution in [2.75, 3.05) is 0 Å². The smallest absolute Gasteiger partial charge is 0.131 e. The van der Waals surface area contributed by atoms with Gasteiger partial charge in [0.15, 0.2) is 0 Å². The third kappa shape index (κ3) is 5.48. The average molecular weight is 450 g/mol. The van der Waals surface area contributed by atoms with E-state index in [9.17, 15) is 0 Å². The first-order chi connectivity index (χ1) is 15.2. The Morgan fingerprint density at radius 1 is 0.871 bits per heavy atom. The van der Waals surface area contributed by atoms with E-state index in [1.807, 2.05) is 48.5 Å². The molecular formula is C28H31ClFSi. The number of benzene rings is 3. The van der Waals surface area contributed by atoms with Gasteiger partial charge in [0.2, 0.25) is 0 Å². The summed E-state index contributed by atoms with van der Waals surface area (Å²) in [4.78, 5) is 0. The van der Waals surface area contributed by atoms with Crippen LogP contribution in [0.3, 0.4) is 0 Å². The summed E-state index contributed by atoms with van der Waals surface area (Å²) in [5.74, 6) is 0.410. The number of unbranched alkanes of at least 4 members (excludes halogenated alkanes) is 2. The lowest BCUT2D eigenvalue weighted by molar-refractivity contribution is 0.588. The van der Waals surface area contributed by atoms with Gasteiger partial charge in [0.25, 0.3) is 0 Å². The molecule has 1 saturated heterocycles. The molecule has 1 heterocycles. The summed E-state index contributed by atoms with van der Waals surface area (Å²) in [6.07, 6.45) is 6.57. The molecule has 161 valence electrons. The van der Waals surface area contributed by atoms with E-state index in [4.69, 9.17) is 11.6 Å². The van der Waals surface area contributed by atoms with Crippen LogP contribution in [0.5, 0.6) is 0 Å². The highest BCUT2D eigenvalue weighted by atomic mass is 35.5. The van der Waals surface area contributed by atoms with Crippen molar-refractivity contribution in [2.45, 2.75) is 63.1 Å². The van der Waals surface area contributed by atoms with Crippen LogP contribution in [0.25, 0.3) is 22.3 Å². The molecule has 31 heavy (non-hydrogen) atoms. The van der Waals surface area contributed by atoms with Crippen molar-refractivity contribution in [3.05, 3.63) is 83.1 Å². The number of hydrogen-bond acceptors (Lipinski definition) is 0. The number of hydrogen-bond donors (Lipinski definition) is 0. The van der Waals surface area contributed by atoms with Crippen molar-refractivity contribution in [2.24, 2.45) is 0 Å². The maximum atomic E-state index is 15.3. The van der Waals surface area contributed by atoms with Gasteiger partial charge < -0.3 is 0 Å². The molecule has 0 aliphatic carbocycles. The van der Waals surface area contributed by atoms with Gasteiger partial charge in [-0.2, -0.15) is 0 Å². The zero-order valence-electron chi connectivity index (χ0n) is 18.3. The van der Waals surface area contributed by atoms with Crippen LogP contribution in [0, 0.1) is 5.82 Å². The van der Waals surface area contributed by atoms with Crippen molar-refractivity contribution in [3.63, 3.8) is 0 Å². The van der Waals surface area contributed by atoms with E-state index in [0.717, 1.165) is 16.7 Å². The Bertz CT molecular complexity index is 990. The third-order valence-electron chi connectivity index (χ3n) is 6.66. The van der Waals surface area contributed by atoms with Crippen LogP contribution in [0.2, 0.25) is 23.2 Å². The highest BCUT2D eigenvalue weighted by molar-refractivity contribution is 6.59. The first kappa shape index (κ1) is 22.3. The molecule has 0 N–H and O–H groups in total. The fourth-order valence-electron chi connectivity index (χ4n) is 4.84. The van der Waals surface area contributed by atoms with Crippen LogP contribution in [0.1, 0.15) is 50.5 Å². The van der Waals surface area contributed by atoms with E-state index in [1.165, 1.54) is 55.8 Å². The Morgan fingerprint density at radius 3 is 2.26 bits per heavy atom. The molecule has 3 aromatic carbocycles. The average Bonchev–Trinajstić information content (AvgIpc) is 2.80. The van der Waals surface area contributed by atoms with E-state index < -0.39 is 0 Å². The Balaban J connectivity index is 1.51. The van der Waals surface area contributed by atoms with Gasteiger partial charge in [0.05, 0.1) is 0 Å². The molecule has 4 rings (SSSR count). The van der Waals surface area contributed by atoms with Gasteiger partial charge in [0, 0.05) is 19.4 Å². The normalized spacial score (nSPS) is 15.3. The quantitative estimate of drug-likeness (QED) is 0.249. The molecule has 3 heteroatoms. The number of rotatable bonds is 7. The molecule has 1 radical (unpaired) electrons. The van der Waals surface area contributed by atoms with Gasteiger partial charge in [-0.15, -0.1) is 0 Å². The van der Waals surface area contributed by atoms with Gasteiger partial charge in [-0.05, 0) is 59.2 Å². The van der Waals surface area contributed by atoms with Crippen molar-refractivity contribution in [1.82, 2.24) is 0 Å². The van der Waals surface area contributed by atoms with Crippen LogP contribution >= 0.6 is 11.6 Å². The summed E-state index contributed by atoms with van der Waals surface area (Å²) in [5, 5.41) is 0.707. The maximum Gasteiger partial charge on any atom is 0.131 e. The summed E-state index contributed by atoms with van der Waals surface area (Å²) < 4.78 is 15.3. The molecule has 0 bridgehead atoms. The van der Waals surface area contributed by atoms with Crippen molar-refractivity contribution in [3.8, 4) is 22.3 Å². The van der Waals surface area contributed by atoms with Gasteiger partial charge in [-0.3, -0.25) is 0 Å². The van der Waals surface area contributed by atoms with E-state index in [1.54, 1.807) is 6.07 Å². The van der Waals surface area contributed by atoms with Crippen molar-refractivity contribution >= 4 is 20.4 Å². The molecule has 1 fully saturated rings. The van der Waals surface area contributed by atoms with E-state index in [2.05, 4.69) is 19.1 Å². The topological polar surface area (TPSA) is 0 Å².